The Balaban J connectivity index is 0.00000200. The van der Waals surface area contributed by atoms with E-state index >= 15 is 0 Å². The quantitative estimate of drug-likeness (QED) is 0.707. The number of ether oxygens (including phenoxy) is 1. The van der Waals surface area contributed by atoms with Crippen LogP contribution in [0, 0.1) is 17.3 Å². The summed E-state index contributed by atoms with van der Waals surface area (Å²) in [5.41, 5.74) is 0.341. The summed E-state index contributed by atoms with van der Waals surface area (Å²) >= 11 is 0. The molecule has 1 amide bonds. The van der Waals surface area contributed by atoms with E-state index in [1.807, 2.05) is 0 Å². The van der Waals surface area contributed by atoms with Crippen LogP contribution in [-0.4, -0.2) is 38.8 Å². The molecule has 1 saturated heterocycles. The van der Waals surface area contributed by atoms with Gasteiger partial charge in [-0.2, -0.15) is 0 Å². The predicted octanol–water partition coefficient (Wildman–Crippen LogP) is 1.98. The predicted molar refractivity (Wildman–Crippen MR) is 83.2 cm³/mol. The summed E-state index contributed by atoms with van der Waals surface area (Å²) in [4.78, 5) is 12.0. The lowest BCUT2D eigenvalue weighted by atomic mass is 9.92. The van der Waals surface area contributed by atoms with Gasteiger partial charge in [-0.1, -0.05) is 13.8 Å². The molecule has 2 N–H and O–H groups in total. The van der Waals surface area contributed by atoms with Gasteiger partial charge in [-0.3, -0.25) is 4.79 Å². The van der Waals surface area contributed by atoms with Crippen molar-refractivity contribution < 1.29 is 9.53 Å². The van der Waals surface area contributed by atoms with E-state index in [4.69, 9.17) is 4.74 Å². The molecule has 118 valence electrons. The third-order valence-electron chi connectivity index (χ3n) is 4.49. The van der Waals surface area contributed by atoms with E-state index in [-0.39, 0.29) is 24.2 Å². The number of halogens is 1. The molecule has 1 aliphatic carbocycles. The molecule has 1 atom stereocenters. The minimum absolute atomic E-state index is 0. The Bertz CT molecular complexity index is 304. The van der Waals surface area contributed by atoms with Crippen molar-refractivity contribution in [3.8, 4) is 0 Å². The zero-order chi connectivity index (χ0) is 13.7. The number of carbonyl (C=O) groups excluding carboxylic acids is 1. The van der Waals surface area contributed by atoms with E-state index in [0.29, 0.717) is 24.5 Å². The molecule has 1 unspecified atom stereocenters. The van der Waals surface area contributed by atoms with Gasteiger partial charge in [0.2, 0.25) is 5.91 Å². The molecule has 2 fully saturated rings. The molecule has 5 heteroatoms. The summed E-state index contributed by atoms with van der Waals surface area (Å²) in [6, 6.07) is 0. The molecular formula is C15H29ClN2O2. The minimum atomic E-state index is 0. The maximum Gasteiger partial charge on any atom is 0.223 e. The fraction of sp³-hybridized carbons (Fsp3) is 0.933. The molecule has 4 nitrogen and oxygen atoms in total. The summed E-state index contributed by atoms with van der Waals surface area (Å²) in [6.07, 6.45) is 4.51. The van der Waals surface area contributed by atoms with Crippen molar-refractivity contribution >= 4 is 18.3 Å². The van der Waals surface area contributed by atoms with Crippen LogP contribution in [0.3, 0.4) is 0 Å². The fourth-order valence-corrected chi connectivity index (χ4v) is 2.99. The fourth-order valence-electron chi connectivity index (χ4n) is 2.99. The van der Waals surface area contributed by atoms with Gasteiger partial charge >= 0.3 is 0 Å². The van der Waals surface area contributed by atoms with E-state index in [1.165, 1.54) is 0 Å². The zero-order valence-electron chi connectivity index (χ0n) is 12.7. The van der Waals surface area contributed by atoms with Crippen LogP contribution >= 0.6 is 12.4 Å². The van der Waals surface area contributed by atoms with E-state index in [0.717, 1.165) is 45.4 Å². The Labute approximate surface area is 128 Å². The Hall–Kier alpha value is -0.320. The first kappa shape index (κ1) is 17.7. The van der Waals surface area contributed by atoms with Crippen LogP contribution in [0.1, 0.15) is 39.5 Å². The summed E-state index contributed by atoms with van der Waals surface area (Å²) in [7, 11) is 0. The third-order valence-corrected chi connectivity index (χ3v) is 4.49. The molecule has 20 heavy (non-hydrogen) atoms. The SMILES string of the molecule is CC(C)CCOCCNC(=O)C1CC12CCNCC2.Cl. The van der Waals surface area contributed by atoms with Gasteiger partial charge in [-0.05, 0) is 50.1 Å². The molecule has 1 heterocycles. The Morgan fingerprint density at radius 3 is 2.70 bits per heavy atom. The van der Waals surface area contributed by atoms with Gasteiger partial charge in [-0.15, -0.1) is 12.4 Å². The van der Waals surface area contributed by atoms with Crippen molar-refractivity contribution in [2.24, 2.45) is 17.3 Å². The van der Waals surface area contributed by atoms with Crippen LogP contribution in [0.2, 0.25) is 0 Å². The van der Waals surface area contributed by atoms with Crippen LogP contribution in [0.15, 0.2) is 0 Å². The molecular weight excluding hydrogens is 276 g/mol. The first-order valence-electron chi connectivity index (χ1n) is 7.70. The van der Waals surface area contributed by atoms with Crippen molar-refractivity contribution in [3.05, 3.63) is 0 Å². The second-order valence-corrected chi connectivity index (χ2v) is 6.46. The lowest BCUT2D eigenvalue weighted by Gasteiger charge is -2.23. The number of rotatable bonds is 7. The van der Waals surface area contributed by atoms with Crippen molar-refractivity contribution in [1.29, 1.82) is 0 Å². The minimum Gasteiger partial charge on any atom is -0.380 e. The lowest BCUT2D eigenvalue weighted by molar-refractivity contribution is -0.123. The van der Waals surface area contributed by atoms with E-state index in [2.05, 4.69) is 24.5 Å². The topological polar surface area (TPSA) is 50.4 Å². The zero-order valence-corrected chi connectivity index (χ0v) is 13.6. The van der Waals surface area contributed by atoms with Crippen LogP contribution in [0.25, 0.3) is 0 Å². The molecule has 0 aromatic rings. The monoisotopic (exact) mass is 304 g/mol. The van der Waals surface area contributed by atoms with Gasteiger partial charge < -0.3 is 15.4 Å². The molecule has 2 aliphatic rings. The summed E-state index contributed by atoms with van der Waals surface area (Å²) < 4.78 is 5.51. The number of nitrogens with one attached hydrogen (secondary N) is 2. The van der Waals surface area contributed by atoms with E-state index < -0.39 is 0 Å². The average molecular weight is 305 g/mol. The molecule has 0 aromatic heterocycles. The second kappa shape index (κ2) is 8.20. The van der Waals surface area contributed by atoms with Gasteiger partial charge in [-0.25, -0.2) is 0 Å². The summed E-state index contributed by atoms with van der Waals surface area (Å²) in [6.45, 7) is 8.62. The smallest absolute Gasteiger partial charge is 0.223 e. The Kier molecular flexibility index (Phi) is 7.27. The van der Waals surface area contributed by atoms with Crippen molar-refractivity contribution in [2.45, 2.75) is 39.5 Å². The largest absolute Gasteiger partial charge is 0.380 e. The number of amides is 1. The molecule has 0 radical (unpaired) electrons. The highest BCUT2D eigenvalue weighted by atomic mass is 35.5. The van der Waals surface area contributed by atoms with Crippen LogP contribution in [0.4, 0.5) is 0 Å². The van der Waals surface area contributed by atoms with Crippen LogP contribution in [0.5, 0.6) is 0 Å². The number of piperidine rings is 1. The Morgan fingerprint density at radius 2 is 2.05 bits per heavy atom. The third kappa shape index (κ3) is 4.90. The van der Waals surface area contributed by atoms with Gasteiger partial charge in [0.25, 0.3) is 0 Å². The first-order valence-corrected chi connectivity index (χ1v) is 7.70. The highest BCUT2D eigenvalue weighted by Crippen LogP contribution is 2.58. The normalized spacial score (nSPS) is 23.4. The number of hydrogen-bond acceptors (Lipinski definition) is 3. The van der Waals surface area contributed by atoms with Crippen molar-refractivity contribution in [2.75, 3.05) is 32.8 Å². The first-order chi connectivity index (χ1) is 9.14. The van der Waals surface area contributed by atoms with Crippen molar-refractivity contribution in [1.82, 2.24) is 10.6 Å². The lowest BCUT2D eigenvalue weighted by Crippen LogP contribution is -2.34. The molecule has 1 aliphatic heterocycles. The standard InChI is InChI=1S/C15H28N2O2.ClH/c1-12(2)3-9-19-10-8-17-14(18)13-11-15(13)4-6-16-7-5-15;/h12-13,16H,3-11H2,1-2H3,(H,17,18);1H. The van der Waals surface area contributed by atoms with Crippen LogP contribution < -0.4 is 10.6 Å². The molecule has 2 rings (SSSR count). The van der Waals surface area contributed by atoms with Gasteiger partial charge in [0.15, 0.2) is 0 Å². The van der Waals surface area contributed by atoms with Crippen molar-refractivity contribution in [3.63, 3.8) is 0 Å². The number of hydrogen-bond donors (Lipinski definition) is 2. The maximum absolute atomic E-state index is 12.0. The maximum atomic E-state index is 12.0. The molecule has 1 saturated carbocycles. The Morgan fingerprint density at radius 1 is 1.35 bits per heavy atom. The summed E-state index contributed by atoms with van der Waals surface area (Å²) in [5, 5.41) is 6.38. The highest BCUT2D eigenvalue weighted by Gasteiger charge is 2.57. The van der Waals surface area contributed by atoms with E-state index in [9.17, 15) is 4.79 Å². The van der Waals surface area contributed by atoms with Crippen LogP contribution in [-0.2, 0) is 9.53 Å². The highest BCUT2D eigenvalue weighted by molar-refractivity contribution is 5.85. The number of carbonyl (C=O) groups is 1. The van der Waals surface area contributed by atoms with Gasteiger partial charge in [0, 0.05) is 19.1 Å². The molecule has 0 bridgehead atoms. The van der Waals surface area contributed by atoms with Gasteiger partial charge in [0.05, 0.1) is 6.61 Å². The van der Waals surface area contributed by atoms with E-state index in [1.54, 1.807) is 0 Å². The average Bonchev–Trinajstić information content (AvgIpc) is 3.07. The summed E-state index contributed by atoms with van der Waals surface area (Å²) in [5.74, 6) is 1.19. The second-order valence-electron chi connectivity index (χ2n) is 6.46. The molecule has 0 aromatic carbocycles. The molecule has 1 spiro atoms. The van der Waals surface area contributed by atoms with Gasteiger partial charge in [0.1, 0.15) is 0 Å².